The zero-order chi connectivity index (χ0) is 18.5. The quantitative estimate of drug-likeness (QED) is 0.629. The summed E-state index contributed by atoms with van der Waals surface area (Å²) in [6, 6.07) is 23.2. The number of nitrogens with zero attached hydrogens (tertiary/aromatic N) is 2. The molecule has 134 valence electrons. The van der Waals surface area contributed by atoms with Gasteiger partial charge in [0.2, 0.25) is 0 Å². The molecule has 0 N–H and O–H groups in total. The third kappa shape index (κ3) is 3.76. The lowest BCUT2D eigenvalue weighted by atomic mass is 10.2. The van der Waals surface area contributed by atoms with Crippen LogP contribution in [0.3, 0.4) is 0 Å². The molecule has 0 aliphatic rings. The van der Waals surface area contributed by atoms with Crippen molar-refractivity contribution in [2.45, 2.75) is 32.2 Å². The summed E-state index contributed by atoms with van der Waals surface area (Å²) in [5.74, 6) is 0.824. The second-order valence-corrected chi connectivity index (χ2v) is 11.7. The largest absolute Gasteiger partial charge is 0.407 e. The van der Waals surface area contributed by atoms with Gasteiger partial charge >= 0.3 is 0 Å². The maximum absolute atomic E-state index is 6.83. The van der Waals surface area contributed by atoms with E-state index >= 15 is 0 Å². The van der Waals surface area contributed by atoms with Crippen LogP contribution in [-0.2, 0) is 10.8 Å². The average Bonchev–Trinajstić information content (AvgIpc) is 2.66. The molecule has 0 spiro atoms. The van der Waals surface area contributed by atoms with Crippen LogP contribution in [0.15, 0.2) is 79.1 Å². The Morgan fingerprint density at radius 1 is 0.769 bits per heavy atom. The first-order valence-corrected chi connectivity index (χ1v) is 11.0. The normalized spacial score (nSPS) is 12.1. The third-order valence-electron chi connectivity index (χ3n) is 4.68. The van der Waals surface area contributed by atoms with Crippen LogP contribution in [0.5, 0.6) is 0 Å². The molecule has 3 rings (SSSR count). The molecule has 0 radical (unpaired) electrons. The van der Waals surface area contributed by atoms with Crippen molar-refractivity contribution >= 4 is 18.7 Å². The number of hydrogen-bond donors (Lipinski definition) is 0. The van der Waals surface area contributed by atoms with Crippen LogP contribution in [0, 0.1) is 0 Å². The first-order valence-electron chi connectivity index (χ1n) is 9.05. The molecule has 0 amide bonds. The van der Waals surface area contributed by atoms with Gasteiger partial charge in [0.25, 0.3) is 8.32 Å². The second kappa shape index (κ2) is 7.93. The first-order chi connectivity index (χ1) is 12.5. The number of aromatic nitrogens is 2. The maximum Gasteiger partial charge on any atom is 0.261 e. The summed E-state index contributed by atoms with van der Waals surface area (Å²) in [7, 11) is -2.46. The molecule has 2 aromatic carbocycles. The molecule has 0 unspecified atom stereocenters. The fourth-order valence-corrected chi connectivity index (χ4v) is 8.08. The fourth-order valence-electron chi connectivity index (χ4n) is 3.52. The predicted octanol–water partition coefficient (Wildman–Crippen LogP) is 3.60. The SMILES string of the molecule is CC(C)(C)[Si](OCCc1ncccn1)(c1ccccc1)c1ccccc1. The molecule has 1 aromatic heterocycles. The van der Waals surface area contributed by atoms with Gasteiger partial charge in [0, 0.05) is 25.4 Å². The minimum atomic E-state index is -2.46. The molecule has 1 heterocycles. The Bertz CT molecular complexity index is 762. The van der Waals surface area contributed by atoms with Crippen molar-refractivity contribution in [3.63, 3.8) is 0 Å². The monoisotopic (exact) mass is 362 g/mol. The molecule has 0 saturated heterocycles. The van der Waals surface area contributed by atoms with Crippen LogP contribution in [-0.4, -0.2) is 24.9 Å². The molecule has 0 fully saturated rings. The molecule has 0 aliphatic heterocycles. The summed E-state index contributed by atoms with van der Waals surface area (Å²) < 4.78 is 6.83. The highest BCUT2D eigenvalue weighted by atomic mass is 28.4. The van der Waals surface area contributed by atoms with Gasteiger partial charge in [-0.1, -0.05) is 81.4 Å². The van der Waals surface area contributed by atoms with E-state index in [2.05, 4.69) is 91.4 Å². The number of hydrogen-bond acceptors (Lipinski definition) is 3. The second-order valence-electron chi connectivity index (χ2n) is 7.43. The minimum Gasteiger partial charge on any atom is -0.407 e. The van der Waals surface area contributed by atoms with E-state index in [0.717, 1.165) is 5.82 Å². The molecule has 0 bridgehead atoms. The van der Waals surface area contributed by atoms with Gasteiger partial charge in [0.15, 0.2) is 0 Å². The molecule has 3 nitrogen and oxygen atoms in total. The summed E-state index contributed by atoms with van der Waals surface area (Å²) in [6.07, 6.45) is 4.28. The Kier molecular flexibility index (Phi) is 5.64. The van der Waals surface area contributed by atoms with E-state index in [1.165, 1.54) is 10.4 Å². The summed E-state index contributed by atoms with van der Waals surface area (Å²) in [4.78, 5) is 8.66. The van der Waals surface area contributed by atoms with Gasteiger partial charge < -0.3 is 4.43 Å². The molecule has 4 heteroatoms. The highest BCUT2D eigenvalue weighted by Crippen LogP contribution is 2.36. The van der Waals surface area contributed by atoms with Gasteiger partial charge in [-0.2, -0.15) is 0 Å². The zero-order valence-corrected chi connectivity index (χ0v) is 16.7. The minimum absolute atomic E-state index is 0.00669. The van der Waals surface area contributed by atoms with Crippen molar-refractivity contribution in [3.05, 3.63) is 84.9 Å². The van der Waals surface area contributed by atoms with Gasteiger partial charge in [-0.25, -0.2) is 9.97 Å². The van der Waals surface area contributed by atoms with Crippen molar-refractivity contribution in [1.82, 2.24) is 9.97 Å². The van der Waals surface area contributed by atoms with Crippen LogP contribution in [0.2, 0.25) is 5.04 Å². The third-order valence-corrected chi connectivity index (χ3v) is 9.72. The average molecular weight is 363 g/mol. The summed E-state index contributed by atoms with van der Waals surface area (Å²) in [5.41, 5.74) is 0. The molecule has 0 atom stereocenters. The number of rotatable bonds is 6. The van der Waals surface area contributed by atoms with Crippen molar-refractivity contribution in [1.29, 1.82) is 0 Å². The van der Waals surface area contributed by atoms with Crippen LogP contribution >= 0.6 is 0 Å². The van der Waals surface area contributed by atoms with E-state index < -0.39 is 8.32 Å². The van der Waals surface area contributed by atoms with Crippen molar-refractivity contribution in [2.75, 3.05) is 6.61 Å². The summed E-state index contributed by atoms with van der Waals surface area (Å²) >= 11 is 0. The van der Waals surface area contributed by atoms with Crippen LogP contribution in [0.25, 0.3) is 0 Å². The van der Waals surface area contributed by atoms with Crippen molar-refractivity contribution in [3.8, 4) is 0 Å². The summed E-state index contributed by atoms with van der Waals surface area (Å²) in [6.45, 7) is 7.48. The van der Waals surface area contributed by atoms with Gasteiger partial charge in [0.1, 0.15) is 5.82 Å². The Balaban J connectivity index is 2.00. The van der Waals surface area contributed by atoms with E-state index in [4.69, 9.17) is 4.43 Å². The number of benzene rings is 2. The zero-order valence-electron chi connectivity index (χ0n) is 15.7. The molecule has 0 aliphatic carbocycles. The van der Waals surface area contributed by atoms with Crippen LogP contribution < -0.4 is 10.4 Å². The van der Waals surface area contributed by atoms with Gasteiger partial charge in [-0.05, 0) is 21.5 Å². The molecule has 26 heavy (non-hydrogen) atoms. The Hall–Kier alpha value is -2.30. The van der Waals surface area contributed by atoms with Gasteiger partial charge in [-0.3, -0.25) is 0 Å². The molecular weight excluding hydrogens is 336 g/mol. The molecular formula is C22H26N2OSi. The van der Waals surface area contributed by atoms with E-state index in [1.807, 2.05) is 6.07 Å². The Morgan fingerprint density at radius 2 is 1.27 bits per heavy atom. The van der Waals surface area contributed by atoms with Gasteiger partial charge in [-0.15, -0.1) is 0 Å². The van der Waals surface area contributed by atoms with E-state index in [-0.39, 0.29) is 5.04 Å². The van der Waals surface area contributed by atoms with Gasteiger partial charge in [0.05, 0.1) is 0 Å². The smallest absolute Gasteiger partial charge is 0.261 e. The molecule has 3 aromatic rings. The lowest BCUT2D eigenvalue weighted by molar-refractivity contribution is 0.299. The highest BCUT2D eigenvalue weighted by molar-refractivity contribution is 6.99. The highest BCUT2D eigenvalue weighted by Gasteiger charge is 2.49. The lowest BCUT2D eigenvalue weighted by Gasteiger charge is -2.43. The first kappa shape index (κ1) is 18.5. The predicted molar refractivity (Wildman–Crippen MR) is 109 cm³/mol. The summed E-state index contributed by atoms with van der Waals surface area (Å²) in [5, 5.41) is 2.59. The lowest BCUT2D eigenvalue weighted by Crippen LogP contribution is -2.66. The van der Waals surface area contributed by atoms with E-state index in [1.54, 1.807) is 12.4 Å². The fraction of sp³-hybridized carbons (Fsp3) is 0.273. The maximum atomic E-state index is 6.83. The Morgan fingerprint density at radius 3 is 1.73 bits per heavy atom. The van der Waals surface area contributed by atoms with E-state index in [9.17, 15) is 0 Å². The topological polar surface area (TPSA) is 35.0 Å². The van der Waals surface area contributed by atoms with Crippen molar-refractivity contribution in [2.24, 2.45) is 0 Å². The van der Waals surface area contributed by atoms with Crippen LogP contribution in [0.1, 0.15) is 26.6 Å². The van der Waals surface area contributed by atoms with Crippen molar-refractivity contribution < 1.29 is 4.43 Å². The van der Waals surface area contributed by atoms with Crippen LogP contribution in [0.4, 0.5) is 0 Å². The Labute approximate surface area is 157 Å². The van der Waals surface area contributed by atoms with E-state index in [0.29, 0.717) is 13.0 Å². The standard InChI is InChI=1S/C22H26N2OSi/c1-22(2,3)26(19-11-6-4-7-12-19,20-13-8-5-9-14-20)25-18-15-21-23-16-10-17-24-21/h4-14,16-17H,15,18H2,1-3H3. The molecule has 0 saturated carbocycles.